The topological polar surface area (TPSA) is 21.3 Å². The third-order valence-corrected chi connectivity index (χ3v) is 3.05. The van der Waals surface area contributed by atoms with E-state index >= 15 is 0 Å². The van der Waals surface area contributed by atoms with E-state index in [0.29, 0.717) is 13.0 Å². The van der Waals surface area contributed by atoms with Gasteiger partial charge in [-0.3, -0.25) is 0 Å². The van der Waals surface area contributed by atoms with Crippen molar-refractivity contribution >= 4 is 0 Å². The molecule has 0 aliphatic carbocycles. The molecule has 0 aliphatic heterocycles. The Morgan fingerprint density at radius 1 is 1.29 bits per heavy atom. The first-order valence-corrected chi connectivity index (χ1v) is 6.94. The van der Waals surface area contributed by atoms with Crippen LogP contribution in [0.5, 0.6) is 0 Å². The Bertz CT molecular complexity index is 434. The summed E-state index contributed by atoms with van der Waals surface area (Å²) in [7, 11) is 0. The number of hydrogen-bond acceptors (Lipinski definition) is 2. The Morgan fingerprint density at radius 2 is 2.00 bits per heavy atom. The van der Waals surface area contributed by atoms with E-state index in [0.717, 1.165) is 17.5 Å². The lowest BCUT2D eigenvalue weighted by molar-refractivity contribution is -0.175. The first-order valence-electron chi connectivity index (χ1n) is 6.94. The SMILES string of the molecule is CCCNC(COCC(F)(F)F)Cc1cc(F)ccc1C. The van der Waals surface area contributed by atoms with Crippen molar-refractivity contribution in [2.45, 2.75) is 38.9 Å². The normalized spacial score (nSPS) is 13.4. The lowest BCUT2D eigenvalue weighted by atomic mass is 10.0. The first kappa shape index (κ1) is 17.9. The van der Waals surface area contributed by atoms with Gasteiger partial charge in [-0.15, -0.1) is 0 Å². The fraction of sp³-hybridized carbons (Fsp3) is 0.600. The summed E-state index contributed by atoms with van der Waals surface area (Å²) in [6.45, 7) is 3.17. The van der Waals surface area contributed by atoms with Crippen molar-refractivity contribution < 1.29 is 22.3 Å². The Kier molecular flexibility index (Phi) is 7.11. The van der Waals surface area contributed by atoms with Crippen LogP contribution in [-0.2, 0) is 11.2 Å². The summed E-state index contributed by atoms with van der Waals surface area (Å²) < 4.78 is 54.3. The molecule has 0 saturated heterocycles. The molecule has 1 unspecified atom stereocenters. The van der Waals surface area contributed by atoms with Crippen molar-refractivity contribution in [1.29, 1.82) is 0 Å². The van der Waals surface area contributed by atoms with Gasteiger partial charge in [-0.2, -0.15) is 13.2 Å². The summed E-state index contributed by atoms with van der Waals surface area (Å²) in [4.78, 5) is 0. The molecule has 1 atom stereocenters. The second kappa shape index (κ2) is 8.34. The largest absolute Gasteiger partial charge is 0.411 e. The lowest BCUT2D eigenvalue weighted by Crippen LogP contribution is -2.37. The van der Waals surface area contributed by atoms with Gasteiger partial charge in [-0.05, 0) is 49.6 Å². The minimum Gasteiger partial charge on any atom is -0.370 e. The molecule has 1 N–H and O–H groups in total. The molecule has 0 spiro atoms. The molecular formula is C15H21F4NO. The molecule has 0 radical (unpaired) electrons. The summed E-state index contributed by atoms with van der Waals surface area (Å²) in [5.41, 5.74) is 1.69. The fourth-order valence-electron chi connectivity index (χ4n) is 1.98. The number of alkyl halides is 3. The molecule has 2 nitrogen and oxygen atoms in total. The van der Waals surface area contributed by atoms with Crippen LogP contribution >= 0.6 is 0 Å². The fourth-order valence-corrected chi connectivity index (χ4v) is 1.98. The van der Waals surface area contributed by atoms with Crippen LogP contribution in [0.1, 0.15) is 24.5 Å². The molecule has 1 aromatic rings. The minimum atomic E-state index is -4.33. The van der Waals surface area contributed by atoms with Crippen LogP contribution in [0.2, 0.25) is 0 Å². The number of ether oxygens (including phenoxy) is 1. The number of halogens is 4. The van der Waals surface area contributed by atoms with Crippen molar-refractivity contribution in [1.82, 2.24) is 5.32 Å². The van der Waals surface area contributed by atoms with E-state index in [1.54, 1.807) is 6.07 Å². The van der Waals surface area contributed by atoms with E-state index in [-0.39, 0.29) is 18.5 Å². The second-order valence-corrected chi connectivity index (χ2v) is 5.06. The van der Waals surface area contributed by atoms with Crippen molar-refractivity contribution in [3.05, 3.63) is 35.1 Å². The molecule has 6 heteroatoms. The van der Waals surface area contributed by atoms with Crippen LogP contribution < -0.4 is 5.32 Å². The highest BCUT2D eigenvalue weighted by Gasteiger charge is 2.28. The zero-order valence-corrected chi connectivity index (χ0v) is 12.3. The monoisotopic (exact) mass is 307 g/mol. The van der Waals surface area contributed by atoms with Crippen LogP contribution in [0.4, 0.5) is 17.6 Å². The number of benzene rings is 1. The highest BCUT2D eigenvalue weighted by molar-refractivity contribution is 5.27. The predicted molar refractivity (Wildman–Crippen MR) is 73.8 cm³/mol. The van der Waals surface area contributed by atoms with E-state index in [2.05, 4.69) is 5.32 Å². The zero-order valence-electron chi connectivity index (χ0n) is 12.3. The van der Waals surface area contributed by atoms with Crippen LogP contribution in [0.25, 0.3) is 0 Å². The van der Waals surface area contributed by atoms with Gasteiger partial charge in [0.2, 0.25) is 0 Å². The van der Waals surface area contributed by atoms with Gasteiger partial charge in [0, 0.05) is 6.04 Å². The van der Waals surface area contributed by atoms with Crippen molar-refractivity contribution in [2.75, 3.05) is 19.8 Å². The van der Waals surface area contributed by atoms with Crippen LogP contribution in [0.15, 0.2) is 18.2 Å². The Morgan fingerprint density at radius 3 is 2.62 bits per heavy atom. The van der Waals surface area contributed by atoms with E-state index in [1.165, 1.54) is 12.1 Å². The van der Waals surface area contributed by atoms with Crippen LogP contribution in [0, 0.1) is 12.7 Å². The molecule has 0 bridgehead atoms. The van der Waals surface area contributed by atoms with Gasteiger partial charge in [0.25, 0.3) is 0 Å². The van der Waals surface area contributed by atoms with E-state index in [9.17, 15) is 17.6 Å². The number of nitrogens with one attached hydrogen (secondary N) is 1. The van der Waals surface area contributed by atoms with Gasteiger partial charge in [0.1, 0.15) is 12.4 Å². The highest BCUT2D eigenvalue weighted by Crippen LogP contribution is 2.16. The van der Waals surface area contributed by atoms with Crippen molar-refractivity contribution in [2.24, 2.45) is 0 Å². The number of aryl methyl sites for hydroxylation is 1. The highest BCUT2D eigenvalue weighted by atomic mass is 19.4. The van der Waals surface area contributed by atoms with Gasteiger partial charge in [0.05, 0.1) is 6.61 Å². The summed E-state index contributed by atoms with van der Waals surface area (Å²) >= 11 is 0. The van der Waals surface area contributed by atoms with Gasteiger partial charge in [-0.25, -0.2) is 4.39 Å². The summed E-state index contributed by atoms with van der Waals surface area (Å²) in [6.07, 6.45) is -3.04. The molecule has 0 aromatic heterocycles. The molecular weight excluding hydrogens is 286 g/mol. The van der Waals surface area contributed by atoms with Crippen LogP contribution in [-0.4, -0.2) is 32.0 Å². The molecule has 0 heterocycles. The summed E-state index contributed by atoms with van der Waals surface area (Å²) in [5.74, 6) is -0.346. The average Bonchev–Trinajstić information content (AvgIpc) is 2.38. The Labute approximate surface area is 122 Å². The summed E-state index contributed by atoms with van der Waals surface area (Å²) in [5, 5.41) is 3.14. The van der Waals surface area contributed by atoms with Crippen molar-refractivity contribution in [3.63, 3.8) is 0 Å². The average molecular weight is 307 g/mol. The van der Waals surface area contributed by atoms with Crippen molar-refractivity contribution in [3.8, 4) is 0 Å². The minimum absolute atomic E-state index is 0.0601. The quantitative estimate of drug-likeness (QED) is 0.741. The van der Waals surface area contributed by atoms with Gasteiger partial charge < -0.3 is 10.1 Å². The van der Waals surface area contributed by atoms with Gasteiger partial charge in [0.15, 0.2) is 0 Å². The maximum absolute atomic E-state index is 13.3. The number of rotatable bonds is 8. The molecule has 0 aliphatic rings. The van der Waals surface area contributed by atoms with Gasteiger partial charge >= 0.3 is 6.18 Å². The standard InChI is InChI=1S/C15H21F4NO/c1-3-6-20-14(9-21-10-15(17,18)19)8-12-7-13(16)5-4-11(12)2/h4-5,7,14,20H,3,6,8-10H2,1-2H3. The molecule has 0 amide bonds. The smallest absolute Gasteiger partial charge is 0.370 e. The molecule has 0 fully saturated rings. The first-order chi connectivity index (χ1) is 9.81. The maximum atomic E-state index is 13.3. The van der Waals surface area contributed by atoms with E-state index in [1.807, 2.05) is 13.8 Å². The second-order valence-electron chi connectivity index (χ2n) is 5.06. The van der Waals surface area contributed by atoms with Gasteiger partial charge in [-0.1, -0.05) is 13.0 Å². The van der Waals surface area contributed by atoms with Crippen LogP contribution in [0.3, 0.4) is 0 Å². The maximum Gasteiger partial charge on any atom is 0.411 e. The Balaban J connectivity index is 2.62. The molecule has 120 valence electrons. The van der Waals surface area contributed by atoms with E-state index < -0.39 is 12.8 Å². The predicted octanol–water partition coefficient (Wildman–Crippen LogP) is 3.62. The third kappa shape index (κ3) is 7.43. The molecule has 21 heavy (non-hydrogen) atoms. The zero-order chi connectivity index (χ0) is 15.9. The lowest BCUT2D eigenvalue weighted by Gasteiger charge is -2.20. The Hall–Kier alpha value is -1.14. The summed E-state index contributed by atoms with van der Waals surface area (Å²) in [6, 6.07) is 4.18. The molecule has 0 saturated carbocycles. The number of hydrogen-bond donors (Lipinski definition) is 1. The molecule has 1 aromatic carbocycles. The molecule has 1 rings (SSSR count). The third-order valence-electron chi connectivity index (χ3n) is 3.05. The van der Waals surface area contributed by atoms with E-state index in [4.69, 9.17) is 4.74 Å².